The van der Waals surface area contributed by atoms with Crippen molar-refractivity contribution >= 4 is 11.6 Å². The first-order valence-electron chi connectivity index (χ1n) is 7.13. The largest absolute Gasteiger partial charge is 0.474 e. The van der Waals surface area contributed by atoms with Gasteiger partial charge in [-0.05, 0) is 25.1 Å². The number of carbonyl (C=O) groups excluding carboxylic acids is 1. The molecule has 0 aromatic heterocycles. The Labute approximate surface area is 124 Å². The van der Waals surface area contributed by atoms with Gasteiger partial charge in [0.2, 0.25) is 6.10 Å². The van der Waals surface area contributed by atoms with E-state index in [0.717, 1.165) is 23.4 Å². The summed E-state index contributed by atoms with van der Waals surface area (Å²) in [7, 11) is 0. The molecule has 1 unspecified atom stereocenters. The van der Waals surface area contributed by atoms with Gasteiger partial charge in [-0.15, -0.1) is 0 Å². The molecule has 0 aliphatic carbocycles. The van der Waals surface area contributed by atoms with Crippen LogP contribution in [0.25, 0.3) is 0 Å². The van der Waals surface area contributed by atoms with Crippen molar-refractivity contribution in [3.05, 3.63) is 60.2 Å². The van der Waals surface area contributed by atoms with Crippen LogP contribution in [0.15, 0.2) is 54.6 Å². The van der Waals surface area contributed by atoms with Gasteiger partial charge in [0.05, 0.1) is 5.69 Å². The third-order valence-corrected chi connectivity index (χ3v) is 3.58. The van der Waals surface area contributed by atoms with E-state index in [1.807, 2.05) is 54.6 Å². The molecule has 21 heavy (non-hydrogen) atoms. The van der Waals surface area contributed by atoms with Gasteiger partial charge >= 0.3 is 0 Å². The standard InChI is InChI=1S/C17H18N2O2/c18-11-6-12-19-14-9-4-5-10-15(14)21-16(17(19)20)13-7-2-1-3-8-13/h1-5,7-10,16H,6,11-12,18H2. The van der Waals surface area contributed by atoms with Crippen LogP contribution in [0.1, 0.15) is 18.1 Å². The summed E-state index contributed by atoms with van der Waals surface area (Å²) in [5.41, 5.74) is 7.28. The van der Waals surface area contributed by atoms with Crippen LogP contribution in [-0.2, 0) is 4.79 Å². The zero-order valence-corrected chi connectivity index (χ0v) is 11.7. The summed E-state index contributed by atoms with van der Waals surface area (Å²) >= 11 is 0. The minimum atomic E-state index is -0.584. The van der Waals surface area contributed by atoms with Gasteiger partial charge in [0.1, 0.15) is 5.75 Å². The lowest BCUT2D eigenvalue weighted by Crippen LogP contribution is -2.42. The Hall–Kier alpha value is -2.33. The predicted molar refractivity (Wildman–Crippen MR) is 82.3 cm³/mol. The van der Waals surface area contributed by atoms with Gasteiger partial charge in [0, 0.05) is 12.1 Å². The third kappa shape index (κ3) is 2.62. The molecule has 0 saturated heterocycles. The maximum Gasteiger partial charge on any atom is 0.272 e. The second-order valence-electron chi connectivity index (χ2n) is 5.01. The number of hydrogen-bond acceptors (Lipinski definition) is 3. The summed E-state index contributed by atoms with van der Waals surface area (Å²) < 4.78 is 5.92. The minimum Gasteiger partial charge on any atom is -0.474 e. The molecule has 2 aromatic carbocycles. The van der Waals surface area contributed by atoms with E-state index in [9.17, 15) is 4.79 Å². The van der Waals surface area contributed by atoms with E-state index >= 15 is 0 Å². The van der Waals surface area contributed by atoms with Crippen molar-refractivity contribution in [2.75, 3.05) is 18.0 Å². The Morgan fingerprint density at radius 2 is 1.76 bits per heavy atom. The van der Waals surface area contributed by atoms with Crippen LogP contribution in [0, 0.1) is 0 Å². The lowest BCUT2D eigenvalue weighted by molar-refractivity contribution is -0.126. The Morgan fingerprint density at radius 1 is 1.05 bits per heavy atom. The van der Waals surface area contributed by atoms with Crippen molar-refractivity contribution in [2.45, 2.75) is 12.5 Å². The SMILES string of the molecule is NCCCN1C(=O)C(c2ccccc2)Oc2ccccc21. The molecular weight excluding hydrogens is 264 g/mol. The fourth-order valence-electron chi connectivity index (χ4n) is 2.54. The number of hydrogen-bond donors (Lipinski definition) is 1. The van der Waals surface area contributed by atoms with Gasteiger partial charge in [-0.1, -0.05) is 42.5 Å². The number of ether oxygens (including phenoxy) is 1. The number of nitrogens with two attached hydrogens (primary N) is 1. The van der Waals surface area contributed by atoms with E-state index in [0.29, 0.717) is 13.1 Å². The van der Waals surface area contributed by atoms with E-state index in [4.69, 9.17) is 10.5 Å². The monoisotopic (exact) mass is 282 g/mol. The van der Waals surface area contributed by atoms with E-state index in [1.165, 1.54) is 0 Å². The molecule has 1 aliphatic heterocycles. The van der Waals surface area contributed by atoms with Crippen LogP contribution < -0.4 is 15.4 Å². The first kappa shape index (κ1) is 13.6. The molecule has 0 saturated carbocycles. The molecule has 4 heteroatoms. The second-order valence-corrected chi connectivity index (χ2v) is 5.01. The van der Waals surface area contributed by atoms with Crippen molar-refractivity contribution < 1.29 is 9.53 Å². The molecule has 0 fully saturated rings. The molecule has 1 atom stereocenters. The number of amides is 1. The topological polar surface area (TPSA) is 55.6 Å². The van der Waals surface area contributed by atoms with E-state index < -0.39 is 6.10 Å². The lowest BCUT2D eigenvalue weighted by Gasteiger charge is -2.34. The predicted octanol–water partition coefficient (Wildman–Crippen LogP) is 2.50. The van der Waals surface area contributed by atoms with Gasteiger partial charge in [0.25, 0.3) is 5.91 Å². The Kier molecular flexibility index (Phi) is 3.88. The van der Waals surface area contributed by atoms with Crippen molar-refractivity contribution in [3.63, 3.8) is 0 Å². The van der Waals surface area contributed by atoms with Crippen LogP contribution >= 0.6 is 0 Å². The summed E-state index contributed by atoms with van der Waals surface area (Å²) in [6.07, 6.45) is 0.181. The summed E-state index contributed by atoms with van der Waals surface area (Å²) in [4.78, 5) is 14.5. The Balaban J connectivity index is 1.98. The molecule has 0 radical (unpaired) electrons. The maximum atomic E-state index is 12.8. The summed E-state index contributed by atoms with van der Waals surface area (Å²) in [6.45, 7) is 1.17. The highest BCUT2D eigenvalue weighted by Crippen LogP contribution is 2.38. The molecule has 1 aliphatic rings. The van der Waals surface area contributed by atoms with Gasteiger partial charge in [0.15, 0.2) is 0 Å². The first-order chi connectivity index (χ1) is 10.3. The molecule has 1 amide bonds. The molecule has 2 N–H and O–H groups in total. The summed E-state index contributed by atoms with van der Waals surface area (Å²) in [6, 6.07) is 17.2. The number of anilines is 1. The molecule has 108 valence electrons. The maximum absolute atomic E-state index is 12.8. The average molecular weight is 282 g/mol. The second kappa shape index (κ2) is 5.97. The van der Waals surface area contributed by atoms with Gasteiger partial charge in [-0.2, -0.15) is 0 Å². The van der Waals surface area contributed by atoms with E-state index in [-0.39, 0.29) is 5.91 Å². The highest BCUT2D eigenvalue weighted by atomic mass is 16.5. The summed E-state index contributed by atoms with van der Waals surface area (Å²) in [5.74, 6) is 0.705. The van der Waals surface area contributed by atoms with Crippen LogP contribution in [0.2, 0.25) is 0 Å². The third-order valence-electron chi connectivity index (χ3n) is 3.58. The number of para-hydroxylation sites is 2. The van der Waals surface area contributed by atoms with Crippen molar-refractivity contribution in [3.8, 4) is 5.75 Å². The van der Waals surface area contributed by atoms with Gasteiger partial charge in [-0.3, -0.25) is 4.79 Å². The average Bonchev–Trinajstić information content (AvgIpc) is 2.54. The zero-order valence-electron chi connectivity index (χ0n) is 11.7. The van der Waals surface area contributed by atoms with Crippen molar-refractivity contribution in [1.82, 2.24) is 0 Å². The fraction of sp³-hybridized carbons (Fsp3) is 0.235. The van der Waals surface area contributed by atoms with Gasteiger partial charge in [-0.25, -0.2) is 0 Å². The van der Waals surface area contributed by atoms with Crippen molar-refractivity contribution in [2.24, 2.45) is 5.73 Å². The van der Waals surface area contributed by atoms with Crippen molar-refractivity contribution in [1.29, 1.82) is 0 Å². The minimum absolute atomic E-state index is 0.0339. The Morgan fingerprint density at radius 3 is 2.52 bits per heavy atom. The van der Waals surface area contributed by atoms with Crippen LogP contribution in [-0.4, -0.2) is 19.0 Å². The number of benzene rings is 2. The zero-order chi connectivity index (χ0) is 14.7. The molecular formula is C17H18N2O2. The van der Waals surface area contributed by atoms with E-state index in [2.05, 4.69) is 0 Å². The quantitative estimate of drug-likeness (QED) is 0.937. The highest BCUT2D eigenvalue weighted by Gasteiger charge is 2.34. The summed E-state index contributed by atoms with van der Waals surface area (Å²) in [5, 5.41) is 0. The smallest absolute Gasteiger partial charge is 0.272 e. The van der Waals surface area contributed by atoms with Crippen LogP contribution in [0.3, 0.4) is 0 Å². The molecule has 2 aromatic rings. The molecule has 4 nitrogen and oxygen atoms in total. The molecule has 1 heterocycles. The Bertz CT molecular complexity index is 628. The van der Waals surface area contributed by atoms with E-state index in [1.54, 1.807) is 4.90 Å². The van der Waals surface area contributed by atoms with Crippen LogP contribution in [0.4, 0.5) is 5.69 Å². The molecule has 0 bridgehead atoms. The number of rotatable bonds is 4. The highest BCUT2D eigenvalue weighted by molar-refractivity contribution is 6.00. The lowest BCUT2D eigenvalue weighted by atomic mass is 10.1. The molecule has 3 rings (SSSR count). The number of carbonyl (C=O) groups is 1. The fourth-order valence-corrected chi connectivity index (χ4v) is 2.54. The number of fused-ring (bicyclic) bond motifs is 1. The number of nitrogens with zero attached hydrogens (tertiary/aromatic N) is 1. The van der Waals surface area contributed by atoms with Gasteiger partial charge < -0.3 is 15.4 Å². The van der Waals surface area contributed by atoms with Crippen LogP contribution in [0.5, 0.6) is 5.75 Å². The first-order valence-corrected chi connectivity index (χ1v) is 7.13. The molecule has 0 spiro atoms. The normalized spacial score (nSPS) is 17.3.